The van der Waals surface area contributed by atoms with Gasteiger partial charge in [-0.1, -0.05) is 6.07 Å². The molecule has 0 aliphatic rings. The van der Waals surface area contributed by atoms with Gasteiger partial charge in [-0.15, -0.1) is 0 Å². The van der Waals surface area contributed by atoms with Crippen LogP contribution in [-0.4, -0.2) is 34.2 Å². The molecule has 2 rings (SSSR count). The van der Waals surface area contributed by atoms with Crippen LogP contribution in [0.4, 0.5) is 0 Å². The lowest BCUT2D eigenvalue weighted by Crippen LogP contribution is -2.30. The van der Waals surface area contributed by atoms with E-state index in [1.54, 1.807) is 6.20 Å². The van der Waals surface area contributed by atoms with Crippen molar-refractivity contribution in [2.45, 2.75) is 6.61 Å². The van der Waals surface area contributed by atoms with Crippen molar-refractivity contribution >= 4 is 12.6 Å². The summed E-state index contributed by atoms with van der Waals surface area (Å²) in [5.41, 5.74) is 1.000. The highest BCUT2D eigenvalue weighted by molar-refractivity contribution is 6.58. The maximum atomic E-state index is 9.05. The Morgan fingerprint density at radius 3 is 2.74 bits per heavy atom. The molecule has 2 aromatic heterocycles. The lowest BCUT2D eigenvalue weighted by molar-refractivity contribution is 0.269. The largest absolute Gasteiger partial charge is 0.491 e. The van der Waals surface area contributed by atoms with Crippen LogP contribution in [-0.2, 0) is 6.61 Å². The van der Waals surface area contributed by atoms with Crippen LogP contribution in [0, 0.1) is 0 Å². The molecule has 0 spiro atoms. The second-order valence-electron chi connectivity index (χ2n) is 3.76. The zero-order valence-electron chi connectivity index (χ0n) is 10.4. The van der Waals surface area contributed by atoms with E-state index >= 15 is 0 Å². The van der Waals surface area contributed by atoms with Gasteiger partial charge in [0.25, 0.3) is 5.88 Å². The number of hydrogen-bond donors (Lipinski definition) is 2. The van der Waals surface area contributed by atoms with Gasteiger partial charge in [0.05, 0.1) is 12.8 Å². The van der Waals surface area contributed by atoms with Crippen molar-refractivity contribution < 1.29 is 19.5 Å². The Morgan fingerprint density at radius 1 is 1.26 bits per heavy atom. The molecule has 7 heteroatoms. The summed E-state index contributed by atoms with van der Waals surface area (Å²) in [7, 11) is -0.135. The SMILES string of the molecule is COc1cc(B(O)O)cnc1OCc1ccccn1. The van der Waals surface area contributed by atoms with Gasteiger partial charge in [0.1, 0.15) is 6.61 Å². The molecule has 6 nitrogen and oxygen atoms in total. The van der Waals surface area contributed by atoms with Crippen molar-refractivity contribution in [1.82, 2.24) is 9.97 Å². The van der Waals surface area contributed by atoms with E-state index in [-0.39, 0.29) is 17.9 Å². The number of hydrogen-bond acceptors (Lipinski definition) is 6. The standard InChI is InChI=1S/C12H13BN2O4/c1-18-11-6-9(13(16)17)7-15-12(11)19-8-10-4-2-3-5-14-10/h2-7,16-17H,8H2,1H3. The van der Waals surface area contributed by atoms with Crippen LogP contribution < -0.4 is 14.9 Å². The van der Waals surface area contributed by atoms with E-state index in [1.165, 1.54) is 19.4 Å². The molecule has 0 aromatic carbocycles. The molecule has 0 fully saturated rings. The molecule has 2 heterocycles. The third-order valence-corrected chi connectivity index (χ3v) is 2.44. The highest BCUT2D eigenvalue weighted by atomic mass is 16.5. The van der Waals surface area contributed by atoms with Crippen molar-refractivity contribution in [3.05, 3.63) is 42.4 Å². The zero-order valence-corrected chi connectivity index (χ0v) is 10.4. The fraction of sp³-hybridized carbons (Fsp3) is 0.167. The first-order chi connectivity index (χ1) is 9.20. The normalized spacial score (nSPS) is 10.1. The maximum Gasteiger partial charge on any atom is 0.490 e. The van der Waals surface area contributed by atoms with Crippen LogP contribution in [0.5, 0.6) is 11.6 Å². The van der Waals surface area contributed by atoms with E-state index in [2.05, 4.69) is 9.97 Å². The Hall–Kier alpha value is -2.12. The third-order valence-electron chi connectivity index (χ3n) is 2.44. The number of aromatic nitrogens is 2. The van der Waals surface area contributed by atoms with Gasteiger partial charge in [-0.25, -0.2) is 4.98 Å². The van der Waals surface area contributed by atoms with Crippen LogP contribution in [0.25, 0.3) is 0 Å². The van der Waals surface area contributed by atoms with Crippen molar-refractivity contribution in [1.29, 1.82) is 0 Å². The number of ether oxygens (including phenoxy) is 2. The van der Waals surface area contributed by atoms with Gasteiger partial charge >= 0.3 is 7.12 Å². The van der Waals surface area contributed by atoms with Crippen molar-refractivity contribution in [2.24, 2.45) is 0 Å². The first kappa shape index (κ1) is 13.3. The predicted molar refractivity (Wildman–Crippen MR) is 69.2 cm³/mol. The topological polar surface area (TPSA) is 84.7 Å². The Kier molecular flexibility index (Phi) is 4.32. The fourth-order valence-electron chi connectivity index (χ4n) is 1.47. The van der Waals surface area contributed by atoms with Gasteiger partial charge in [0.15, 0.2) is 5.75 Å². The molecule has 0 saturated heterocycles. The summed E-state index contributed by atoms with van der Waals surface area (Å²) in [6, 6.07) is 6.98. The van der Waals surface area contributed by atoms with Gasteiger partial charge in [0.2, 0.25) is 0 Å². The summed E-state index contributed by atoms with van der Waals surface area (Å²) >= 11 is 0. The Balaban J connectivity index is 2.12. The third kappa shape index (κ3) is 3.43. The highest BCUT2D eigenvalue weighted by Crippen LogP contribution is 2.22. The molecule has 0 aliphatic carbocycles. The quantitative estimate of drug-likeness (QED) is 0.721. The molecular formula is C12H13BN2O4. The predicted octanol–water partition coefficient (Wildman–Crippen LogP) is -0.256. The molecule has 0 saturated carbocycles. The van der Waals surface area contributed by atoms with Crippen LogP contribution in [0.2, 0.25) is 0 Å². The Bertz CT molecular complexity index is 537. The van der Waals surface area contributed by atoms with E-state index in [0.29, 0.717) is 5.75 Å². The second-order valence-corrected chi connectivity index (χ2v) is 3.76. The van der Waals surface area contributed by atoms with E-state index in [4.69, 9.17) is 19.5 Å². The molecule has 2 aromatic rings. The minimum Gasteiger partial charge on any atom is -0.491 e. The monoisotopic (exact) mass is 260 g/mol. The van der Waals surface area contributed by atoms with E-state index < -0.39 is 7.12 Å². The van der Waals surface area contributed by atoms with Gasteiger partial charge in [-0.05, 0) is 18.2 Å². The van der Waals surface area contributed by atoms with Crippen molar-refractivity contribution in [2.75, 3.05) is 7.11 Å². The zero-order chi connectivity index (χ0) is 13.7. The smallest absolute Gasteiger partial charge is 0.490 e. The first-order valence-electron chi connectivity index (χ1n) is 5.63. The summed E-state index contributed by atoms with van der Waals surface area (Å²) in [5.74, 6) is 0.610. The van der Waals surface area contributed by atoms with Crippen LogP contribution in [0.3, 0.4) is 0 Å². The second kappa shape index (κ2) is 6.17. The molecule has 0 unspecified atom stereocenters. The van der Waals surface area contributed by atoms with Gasteiger partial charge in [-0.3, -0.25) is 4.98 Å². The lowest BCUT2D eigenvalue weighted by atomic mass is 9.82. The average molecular weight is 260 g/mol. The number of pyridine rings is 2. The minimum atomic E-state index is -1.59. The molecule has 0 bridgehead atoms. The molecule has 98 valence electrons. The average Bonchev–Trinajstić information content (AvgIpc) is 2.45. The summed E-state index contributed by atoms with van der Waals surface area (Å²) in [6.07, 6.45) is 3.00. The summed E-state index contributed by atoms with van der Waals surface area (Å²) in [4.78, 5) is 8.11. The molecule has 0 aliphatic heterocycles. The van der Waals surface area contributed by atoms with Crippen molar-refractivity contribution in [3.8, 4) is 11.6 Å². The number of nitrogens with zero attached hydrogens (tertiary/aromatic N) is 2. The minimum absolute atomic E-state index is 0.238. The van der Waals surface area contributed by atoms with Gasteiger partial charge < -0.3 is 19.5 Å². The van der Waals surface area contributed by atoms with Crippen molar-refractivity contribution in [3.63, 3.8) is 0 Å². The molecular weight excluding hydrogens is 247 g/mol. The van der Waals surface area contributed by atoms with E-state index in [0.717, 1.165) is 5.69 Å². The maximum absolute atomic E-state index is 9.05. The Labute approximate surface area is 110 Å². The van der Waals surface area contributed by atoms with E-state index in [1.807, 2.05) is 18.2 Å². The van der Waals surface area contributed by atoms with Gasteiger partial charge in [0, 0.05) is 17.9 Å². The highest BCUT2D eigenvalue weighted by Gasteiger charge is 2.15. The Morgan fingerprint density at radius 2 is 2.11 bits per heavy atom. The molecule has 2 N–H and O–H groups in total. The number of rotatable bonds is 5. The number of methoxy groups -OCH3 is 1. The molecule has 0 atom stereocenters. The van der Waals surface area contributed by atoms with Crippen LogP contribution in [0.15, 0.2) is 36.7 Å². The summed E-state index contributed by atoms with van der Waals surface area (Å²) in [5, 5.41) is 18.1. The van der Waals surface area contributed by atoms with E-state index in [9.17, 15) is 0 Å². The molecule has 0 radical (unpaired) electrons. The lowest BCUT2D eigenvalue weighted by Gasteiger charge is -2.10. The summed E-state index contributed by atoms with van der Waals surface area (Å²) in [6.45, 7) is 0.255. The molecule has 0 amide bonds. The first-order valence-corrected chi connectivity index (χ1v) is 5.63. The fourth-order valence-corrected chi connectivity index (χ4v) is 1.47. The van der Waals surface area contributed by atoms with Gasteiger partial charge in [-0.2, -0.15) is 0 Å². The molecule has 19 heavy (non-hydrogen) atoms. The summed E-state index contributed by atoms with van der Waals surface area (Å²) < 4.78 is 10.6. The van der Waals surface area contributed by atoms with Crippen LogP contribution >= 0.6 is 0 Å². The van der Waals surface area contributed by atoms with Crippen LogP contribution in [0.1, 0.15) is 5.69 Å².